The molecule has 2 heterocycles. The summed E-state index contributed by atoms with van der Waals surface area (Å²) in [7, 11) is 1.85. The number of nitrogens with zero attached hydrogens (tertiary/aromatic N) is 3. The van der Waals surface area contributed by atoms with Crippen LogP contribution in [0.2, 0.25) is 0 Å². The number of β-amino-alcohol motifs (C(OH)–C–C–N with tert-alkyl or cyclic N) is 1. The van der Waals surface area contributed by atoms with Gasteiger partial charge in [-0.1, -0.05) is 6.92 Å². The van der Waals surface area contributed by atoms with Crippen molar-refractivity contribution in [3.05, 3.63) is 18.0 Å². The van der Waals surface area contributed by atoms with Gasteiger partial charge in [0.05, 0.1) is 18.3 Å². The summed E-state index contributed by atoms with van der Waals surface area (Å²) in [6.07, 6.45) is 4.06. The van der Waals surface area contributed by atoms with Crippen molar-refractivity contribution < 1.29 is 9.90 Å². The third-order valence-electron chi connectivity index (χ3n) is 3.77. The molecule has 0 radical (unpaired) electrons. The Morgan fingerprint density at radius 3 is 2.95 bits per heavy atom. The number of amides is 2. The van der Waals surface area contributed by atoms with E-state index in [-0.39, 0.29) is 18.0 Å². The van der Waals surface area contributed by atoms with Crippen LogP contribution in [-0.2, 0) is 7.05 Å². The van der Waals surface area contributed by atoms with Crippen LogP contribution >= 0.6 is 0 Å². The molecule has 0 aliphatic carbocycles. The lowest BCUT2D eigenvalue weighted by molar-refractivity contribution is 0.0431. The number of aliphatic hydroxyl groups excluding tert-OH is 1. The first kappa shape index (κ1) is 13.9. The van der Waals surface area contributed by atoms with E-state index >= 15 is 0 Å². The van der Waals surface area contributed by atoms with E-state index in [1.807, 2.05) is 27.1 Å². The predicted octanol–water partition coefficient (Wildman–Crippen LogP) is 0.893. The van der Waals surface area contributed by atoms with E-state index in [0.717, 1.165) is 12.0 Å². The van der Waals surface area contributed by atoms with Crippen LogP contribution in [0.1, 0.15) is 31.9 Å². The van der Waals surface area contributed by atoms with E-state index in [1.54, 1.807) is 15.8 Å². The van der Waals surface area contributed by atoms with Crippen molar-refractivity contribution in [2.75, 3.05) is 13.1 Å². The molecule has 2 N–H and O–H groups in total. The first-order chi connectivity index (χ1) is 8.97. The number of carbonyl (C=O) groups is 1. The average molecular weight is 266 g/mol. The minimum atomic E-state index is -0.423. The Morgan fingerprint density at radius 2 is 2.37 bits per heavy atom. The van der Waals surface area contributed by atoms with E-state index in [2.05, 4.69) is 10.4 Å². The largest absolute Gasteiger partial charge is 0.391 e. The van der Waals surface area contributed by atoms with E-state index in [9.17, 15) is 9.90 Å². The number of rotatable bonds is 2. The van der Waals surface area contributed by atoms with E-state index < -0.39 is 6.10 Å². The zero-order chi connectivity index (χ0) is 14.0. The van der Waals surface area contributed by atoms with Crippen LogP contribution in [0.15, 0.2) is 12.4 Å². The standard InChI is InChI=1S/C13H22N4O2/c1-9-4-5-17(8-12(9)18)13(19)15-10(2)11-6-14-16(3)7-11/h6-7,9-10,12,18H,4-5,8H2,1-3H3,(H,15,19). The van der Waals surface area contributed by atoms with Gasteiger partial charge in [-0.25, -0.2) is 4.79 Å². The van der Waals surface area contributed by atoms with Gasteiger partial charge in [0, 0.05) is 31.9 Å². The van der Waals surface area contributed by atoms with Gasteiger partial charge in [0.25, 0.3) is 0 Å². The molecule has 1 fully saturated rings. The van der Waals surface area contributed by atoms with Gasteiger partial charge in [-0.15, -0.1) is 0 Å². The van der Waals surface area contributed by atoms with Gasteiger partial charge in [-0.05, 0) is 19.3 Å². The zero-order valence-corrected chi connectivity index (χ0v) is 11.7. The summed E-state index contributed by atoms with van der Waals surface area (Å²) in [5.74, 6) is 0.264. The molecular weight excluding hydrogens is 244 g/mol. The van der Waals surface area contributed by atoms with E-state index in [4.69, 9.17) is 0 Å². The molecule has 2 amide bonds. The maximum absolute atomic E-state index is 12.1. The normalized spacial score (nSPS) is 25.2. The lowest BCUT2D eigenvalue weighted by Crippen LogP contribution is -2.50. The lowest BCUT2D eigenvalue weighted by atomic mass is 9.96. The Morgan fingerprint density at radius 1 is 1.63 bits per heavy atom. The molecule has 6 heteroatoms. The predicted molar refractivity (Wildman–Crippen MR) is 71.5 cm³/mol. The van der Waals surface area contributed by atoms with Crippen LogP contribution in [0.4, 0.5) is 4.79 Å². The maximum atomic E-state index is 12.1. The molecule has 0 saturated carbocycles. The quantitative estimate of drug-likeness (QED) is 0.835. The molecule has 1 aromatic heterocycles. The molecule has 1 saturated heterocycles. The maximum Gasteiger partial charge on any atom is 0.317 e. The van der Waals surface area contributed by atoms with Gasteiger partial charge in [0.1, 0.15) is 0 Å². The second kappa shape index (κ2) is 5.61. The van der Waals surface area contributed by atoms with E-state index in [0.29, 0.717) is 13.1 Å². The highest BCUT2D eigenvalue weighted by Gasteiger charge is 2.27. The van der Waals surface area contributed by atoms with Gasteiger partial charge < -0.3 is 15.3 Å². The van der Waals surface area contributed by atoms with Crippen molar-refractivity contribution >= 4 is 6.03 Å². The Hall–Kier alpha value is -1.56. The molecule has 6 nitrogen and oxygen atoms in total. The summed E-state index contributed by atoms with van der Waals surface area (Å²) in [5, 5.41) is 16.8. The highest BCUT2D eigenvalue weighted by Crippen LogP contribution is 2.18. The first-order valence-corrected chi connectivity index (χ1v) is 6.69. The summed E-state index contributed by atoms with van der Waals surface area (Å²) >= 11 is 0. The number of aliphatic hydroxyl groups is 1. The van der Waals surface area contributed by atoms with Crippen LogP contribution in [-0.4, -0.2) is 45.0 Å². The molecule has 3 unspecified atom stereocenters. The van der Waals surface area contributed by atoms with Crippen LogP contribution in [0.25, 0.3) is 0 Å². The van der Waals surface area contributed by atoms with Crippen LogP contribution in [0, 0.1) is 5.92 Å². The highest BCUT2D eigenvalue weighted by atomic mass is 16.3. The van der Waals surface area contributed by atoms with Crippen molar-refractivity contribution in [1.29, 1.82) is 0 Å². The number of likely N-dealkylation sites (tertiary alicyclic amines) is 1. The molecule has 19 heavy (non-hydrogen) atoms. The number of carbonyl (C=O) groups excluding carboxylic acids is 1. The second-order valence-corrected chi connectivity index (χ2v) is 5.40. The fourth-order valence-corrected chi connectivity index (χ4v) is 2.26. The fourth-order valence-electron chi connectivity index (χ4n) is 2.26. The van der Waals surface area contributed by atoms with E-state index in [1.165, 1.54) is 0 Å². The molecule has 1 aliphatic heterocycles. The number of hydrogen-bond acceptors (Lipinski definition) is 3. The Labute approximate surface area is 113 Å². The van der Waals surface area contributed by atoms with Gasteiger partial charge in [0.15, 0.2) is 0 Å². The Kier molecular flexibility index (Phi) is 4.09. The summed E-state index contributed by atoms with van der Waals surface area (Å²) in [4.78, 5) is 13.8. The summed E-state index contributed by atoms with van der Waals surface area (Å²) in [6.45, 7) is 5.05. The monoisotopic (exact) mass is 266 g/mol. The fraction of sp³-hybridized carbons (Fsp3) is 0.692. The highest BCUT2D eigenvalue weighted by molar-refractivity contribution is 5.74. The molecule has 1 aromatic rings. The molecule has 2 rings (SSSR count). The summed E-state index contributed by atoms with van der Waals surface area (Å²) in [5.41, 5.74) is 0.974. The molecule has 106 valence electrons. The van der Waals surface area contributed by atoms with Gasteiger partial charge in [-0.3, -0.25) is 4.68 Å². The number of urea groups is 1. The third-order valence-corrected chi connectivity index (χ3v) is 3.77. The average Bonchev–Trinajstić information content (AvgIpc) is 2.79. The minimum absolute atomic E-state index is 0.0855. The van der Waals surface area contributed by atoms with Crippen LogP contribution in [0.5, 0.6) is 0 Å². The Balaban J connectivity index is 1.90. The van der Waals surface area contributed by atoms with Gasteiger partial charge in [-0.2, -0.15) is 5.10 Å². The zero-order valence-electron chi connectivity index (χ0n) is 11.7. The number of piperidine rings is 1. The SMILES string of the molecule is CC(NC(=O)N1CCC(C)C(O)C1)c1cnn(C)c1. The van der Waals surface area contributed by atoms with Crippen LogP contribution < -0.4 is 5.32 Å². The topological polar surface area (TPSA) is 70.4 Å². The third kappa shape index (κ3) is 3.26. The van der Waals surface area contributed by atoms with Crippen LogP contribution in [0.3, 0.4) is 0 Å². The summed E-state index contributed by atoms with van der Waals surface area (Å²) < 4.78 is 1.71. The van der Waals surface area contributed by atoms with Crippen molar-refractivity contribution in [2.24, 2.45) is 13.0 Å². The summed E-state index contributed by atoms with van der Waals surface area (Å²) in [6, 6.07) is -0.208. The van der Waals surface area contributed by atoms with Crippen molar-refractivity contribution in [3.63, 3.8) is 0 Å². The smallest absolute Gasteiger partial charge is 0.317 e. The number of aromatic nitrogens is 2. The lowest BCUT2D eigenvalue weighted by Gasteiger charge is -2.34. The molecule has 1 aliphatic rings. The number of aryl methyl sites for hydroxylation is 1. The van der Waals surface area contributed by atoms with Crippen molar-refractivity contribution in [3.8, 4) is 0 Å². The van der Waals surface area contributed by atoms with Crippen molar-refractivity contribution in [2.45, 2.75) is 32.4 Å². The van der Waals surface area contributed by atoms with Crippen molar-refractivity contribution in [1.82, 2.24) is 20.0 Å². The Bertz CT molecular complexity index is 446. The van der Waals surface area contributed by atoms with Gasteiger partial charge in [0.2, 0.25) is 0 Å². The first-order valence-electron chi connectivity index (χ1n) is 6.69. The van der Waals surface area contributed by atoms with Gasteiger partial charge >= 0.3 is 6.03 Å². The molecule has 0 spiro atoms. The molecular formula is C13H22N4O2. The number of hydrogen-bond donors (Lipinski definition) is 2. The molecule has 0 aromatic carbocycles. The minimum Gasteiger partial charge on any atom is -0.391 e. The second-order valence-electron chi connectivity index (χ2n) is 5.40. The molecule has 0 bridgehead atoms. The number of nitrogens with one attached hydrogen (secondary N) is 1. The molecule has 3 atom stereocenters.